The SMILES string of the molecule is CCn1cc([C@@H]2OCC[C@H]2C(=O)N2C[C@@H]3[C@H](C2)[C@H]2CC[C@@H]3O2)cn1. The first-order chi connectivity index (χ1) is 11.7. The number of rotatable bonds is 3. The van der Waals surface area contributed by atoms with Crippen molar-refractivity contribution >= 4 is 5.91 Å². The monoisotopic (exact) mass is 331 g/mol. The van der Waals surface area contributed by atoms with E-state index in [1.165, 1.54) is 12.8 Å². The Hall–Kier alpha value is -1.40. The van der Waals surface area contributed by atoms with Crippen LogP contribution in [0.4, 0.5) is 0 Å². The fourth-order valence-corrected chi connectivity index (χ4v) is 5.24. The topological polar surface area (TPSA) is 56.6 Å². The van der Waals surface area contributed by atoms with Crippen LogP contribution in [0, 0.1) is 17.8 Å². The molecule has 1 aromatic rings. The maximum absolute atomic E-state index is 13.2. The molecule has 4 aliphatic heterocycles. The first-order valence-electron chi connectivity index (χ1n) is 9.32. The Morgan fingerprint density at radius 3 is 2.67 bits per heavy atom. The van der Waals surface area contributed by atoms with E-state index in [9.17, 15) is 4.79 Å². The van der Waals surface area contributed by atoms with Crippen molar-refractivity contribution in [1.82, 2.24) is 14.7 Å². The number of aryl methyl sites for hydroxylation is 1. The lowest BCUT2D eigenvalue weighted by Gasteiger charge is -2.25. The first kappa shape index (κ1) is 14.9. The van der Waals surface area contributed by atoms with Crippen molar-refractivity contribution in [1.29, 1.82) is 0 Å². The Kier molecular flexibility index (Phi) is 3.45. The summed E-state index contributed by atoms with van der Waals surface area (Å²) in [6, 6.07) is 0. The second kappa shape index (κ2) is 5.56. The van der Waals surface area contributed by atoms with Crippen molar-refractivity contribution in [3.05, 3.63) is 18.0 Å². The number of ether oxygens (including phenoxy) is 2. The normalized spacial score (nSPS) is 40.5. The number of likely N-dealkylation sites (tertiary alicyclic amines) is 1. The van der Waals surface area contributed by atoms with Crippen LogP contribution in [0.5, 0.6) is 0 Å². The van der Waals surface area contributed by atoms with E-state index in [0.717, 1.165) is 31.6 Å². The third kappa shape index (κ3) is 2.15. The number of amides is 1. The third-order valence-corrected chi connectivity index (χ3v) is 6.48. The van der Waals surface area contributed by atoms with Gasteiger partial charge in [0.15, 0.2) is 0 Å². The minimum Gasteiger partial charge on any atom is -0.374 e. The van der Waals surface area contributed by atoms with E-state index < -0.39 is 0 Å². The second-order valence-electron chi connectivity index (χ2n) is 7.68. The molecule has 0 unspecified atom stereocenters. The number of hydrogen-bond donors (Lipinski definition) is 0. The van der Waals surface area contributed by atoms with E-state index in [-0.39, 0.29) is 17.9 Å². The van der Waals surface area contributed by atoms with Crippen LogP contribution in [-0.4, -0.2) is 52.5 Å². The Bertz CT molecular complexity index is 627. The molecule has 6 heteroatoms. The maximum atomic E-state index is 13.2. The van der Waals surface area contributed by atoms with Crippen LogP contribution < -0.4 is 0 Å². The zero-order valence-corrected chi connectivity index (χ0v) is 14.1. The second-order valence-corrected chi connectivity index (χ2v) is 7.68. The van der Waals surface area contributed by atoms with Gasteiger partial charge < -0.3 is 14.4 Å². The van der Waals surface area contributed by atoms with Gasteiger partial charge in [-0.2, -0.15) is 5.10 Å². The molecule has 4 saturated heterocycles. The highest BCUT2D eigenvalue weighted by atomic mass is 16.5. The van der Waals surface area contributed by atoms with Gasteiger partial charge in [-0.25, -0.2) is 0 Å². The van der Waals surface area contributed by atoms with Gasteiger partial charge in [0.2, 0.25) is 5.91 Å². The fraction of sp³-hybridized carbons (Fsp3) is 0.778. The van der Waals surface area contributed by atoms with Gasteiger partial charge in [-0.15, -0.1) is 0 Å². The van der Waals surface area contributed by atoms with Gasteiger partial charge in [-0.05, 0) is 26.2 Å². The van der Waals surface area contributed by atoms with Gasteiger partial charge in [0.25, 0.3) is 0 Å². The summed E-state index contributed by atoms with van der Waals surface area (Å²) in [5.74, 6) is 1.35. The molecule has 130 valence electrons. The molecule has 2 bridgehead atoms. The smallest absolute Gasteiger partial charge is 0.228 e. The predicted molar refractivity (Wildman–Crippen MR) is 86.2 cm³/mol. The highest BCUT2D eigenvalue weighted by Crippen LogP contribution is 2.48. The van der Waals surface area contributed by atoms with E-state index in [1.54, 1.807) is 0 Å². The molecule has 24 heavy (non-hydrogen) atoms. The van der Waals surface area contributed by atoms with E-state index in [4.69, 9.17) is 9.47 Å². The average Bonchev–Trinajstić information content (AvgIpc) is 3.41. The number of hydrogen-bond acceptors (Lipinski definition) is 4. The van der Waals surface area contributed by atoms with Crippen molar-refractivity contribution in [2.75, 3.05) is 19.7 Å². The van der Waals surface area contributed by atoms with Gasteiger partial charge >= 0.3 is 0 Å². The zero-order valence-electron chi connectivity index (χ0n) is 14.1. The van der Waals surface area contributed by atoms with Crippen molar-refractivity contribution in [3.8, 4) is 0 Å². The van der Waals surface area contributed by atoms with Crippen LogP contribution in [0.15, 0.2) is 12.4 Å². The average molecular weight is 331 g/mol. The molecule has 0 aliphatic carbocycles. The van der Waals surface area contributed by atoms with Crippen LogP contribution in [-0.2, 0) is 20.8 Å². The summed E-state index contributed by atoms with van der Waals surface area (Å²) in [6.45, 7) is 5.32. The minimum absolute atomic E-state index is 0.0584. The molecular weight excluding hydrogens is 306 g/mol. The standard InChI is InChI=1S/C18H25N3O3/c1-2-21-8-11(7-19-21)17-12(5-6-23-17)18(22)20-9-13-14(10-20)16-4-3-15(13)24-16/h7-8,12-17H,2-6,9-10H2,1H3/t12-,13-,14+,15+,16-,17+/m1/s1. The molecule has 1 amide bonds. The minimum atomic E-state index is -0.133. The molecule has 5 heterocycles. The fourth-order valence-electron chi connectivity index (χ4n) is 5.24. The first-order valence-corrected chi connectivity index (χ1v) is 9.32. The number of fused-ring (bicyclic) bond motifs is 5. The Balaban J connectivity index is 1.31. The molecule has 0 aromatic carbocycles. The van der Waals surface area contributed by atoms with Crippen molar-refractivity contribution in [3.63, 3.8) is 0 Å². The molecule has 1 aromatic heterocycles. The van der Waals surface area contributed by atoms with E-state index in [1.807, 2.05) is 17.1 Å². The van der Waals surface area contributed by atoms with Crippen LogP contribution in [0.3, 0.4) is 0 Å². The summed E-state index contributed by atoms with van der Waals surface area (Å²) >= 11 is 0. The molecule has 5 rings (SSSR count). The largest absolute Gasteiger partial charge is 0.374 e. The molecular formula is C18H25N3O3. The molecule has 0 saturated carbocycles. The molecule has 4 aliphatic rings. The van der Waals surface area contributed by atoms with Crippen molar-refractivity contribution < 1.29 is 14.3 Å². The highest BCUT2D eigenvalue weighted by molar-refractivity contribution is 5.80. The van der Waals surface area contributed by atoms with Crippen LogP contribution >= 0.6 is 0 Å². The van der Waals surface area contributed by atoms with Gasteiger partial charge in [-0.3, -0.25) is 9.48 Å². The lowest BCUT2D eigenvalue weighted by atomic mass is 9.82. The summed E-state index contributed by atoms with van der Waals surface area (Å²) in [5.41, 5.74) is 1.04. The van der Waals surface area contributed by atoms with Gasteiger partial charge in [0.05, 0.1) is 30.4 Å². The molecule has 0 radical (unpaired) electrons. The lowest BCUT2D eigenvalue weighted by Crippen LogP contribution is -2.37. The molecule has 0 spiro atoms. The van der Waals surface area contributed by atoms with Gasteiger partial charge in [-0.1, -0.05) is 0 Å². The molecule has 6 nitrogen and oxygen atoms in total. The summed E-state index contributed by atoms with van der Waals surface area (Å²) < 4.78 is 13.8. The van der Waals surface area contributed by atoms with E-state index >= 15 is 0 Å². The number of nitrogens with zero attached hydrogens (tertiary/aromatic N) is 3. The van der Waals surface area contributed by atoms with Crippen molar-refractivity contribution in [2.45, 2.75) is 51.0 Å². The molecule has 4 fully saturated rings. The number of aromatic nitrogens is 2. The summed E-state index contributed by atoms with van der Waals surface area (Å²) in [6.07, 6.45) is 7.71. The van der Waals surface area contributed by atoms with E-state index in [0.29, 0.717) is 30.7 Å². The number of carbonyl (C=O) groups excluding carboxylic acids is 1. The van der Waals surface area contributed by atoms with Gasteiger partial charge in [0.1, 0.15) is 0 Å². The third-order valence-electron chi connectivity index (χ3n) is 6.48. The van der Waals surface area contributed by atoms with E-state index in [2.05, 4.69) is 16.9 Å². The zero-order chi connectivity index (χ0) is 16.3. The number of carbonyl (C=O) groups is 1. The lowest BCUT2D eigenvalue weighted by molar-refractivity contribution is -0.137. The predicted octanol–water partition coefficient (Wildman–Crippen LogP) is 1.62. The Labute approximate surface area is 142 Å². The van der Waals surface area contributed by atoms with Crippen LogP contribution in [0.2, 0.25) is 0 Å². The van der Waals surface area contributed by atoms with Crippen LogP contribution in [0.25, 0.3) is 0 Å². The maximum Gasteiger partial charge on any atom is 0.228 e. The summed E-state index contributed by atoms with van der Waals surface area (Å²) in [7, 11) is 0. The Morgan fingerprint density at radius 1 is 1.25 bits per heavy atom. The van der Waals surface area contributed by atoms with Crippen LogP contribution in [0.1, 0.15) is 37.9 Å². The molecule has 0 N–H and O–H groups in total. The summed E-state index contributed by atoms with van der Waals surface area (Å²) in [4.78, 5) is 15.2. The Morgan fingerprint density at radius 2 is 2.00 bits per heavy atom. The van der Waals surface area contributed by atoms with Gasteiger partial charge in [0, 0.05) is 49.8 Å². The van der Waals surface area contributed by atoms with Crippen molar-refractivity contribution in [2.24, 2.45) is 17.8 Å². The molecule has 6 atom stereocenters. The highest BCUT2D eigenvalue weighted by Gasteiger charge is 2.54. The summed E-state index contributed by atoms with van der Waals surface area (Å²) in [5, 5.41) is 4.34. The quantitative estimate of drug-likeness (QED) is 0.844.